The summed E-state index contributed by atoms with van der Waals surface area (Å²) in [6.45, 7) is 2.29. The highest BCUT2D eigenvalue weighted by Crippen LogP contribution is 2.41. The number of nitrogens with one attached hydrogen (secondary N) is 1. The van der Waals surface area contributed by atoms with Crippen LogP contribution in [0.15, 0.2) is 0 Å². The van der Waals surface area contributed by atoms with Gasteiger partial charge in [-0.15, -0.1) is 0 Å². The smallest absolute Gasteiger partial charge is 0.0623 e. The van der Waals surface area contributed by atoms with Crippen molar-refractivity contribution >= 4 is 0 Å². The lowest BCUT2D eigenvalue weighted by atomic mass is 9.82. The molecule has 2 heterocycles. The zero-order valence-electron chi connectivity index (χ0n) is 13.7. The van der Waals surface area contributed by atoms with Crippen molar-refractivity contribution in [1.29, 1.82) is 0 Å². The van der Waals surface area contributed by atoms with Crippen molar-refractivity contribution in [1.82, 2.24) is 5.32 Å². The molecule has 2 fully saturated rings. The third kappa shape index (κ3) is 4.73. The van der Waals surface area contributed by atoms with Crippen LogP contribution in [0.3, 0.4) is 0 Å². The van der Waals surface area contributed by atoms with Gasteiger partial charge < -0.3 is 10.1 Å². The van der Waals surface area contributed by atoms with E-state index in [0.29, 0.717) is 18.2 Å². The molecule has 2 rings (SSSR count). The molecule has 0 amide bonds. The minimum absolute atomic E-state index is 0.575. The van der Waals surface area contributed by atoms with Crippen LogP contribution in [0.5, 0.6) is 0 Å². The number of hydrogen-bond acceptors (Lipinski definition) is 2. The average molecular weight is 281 g/mol. The van der Waals surface area contributed by atoms with Crippen LogP contribution < -0.4 is 5.32 Å². The van der Waals surface area contributed by atoms with Crippen LogP contribution in [0.1, 0.15) is 84.0 Å². The average Bonchev–Trinajstić information content (AvgIpc) is 3.08. The number of hydrogen-bond donors (Lipinski definition) is 1. The maximum absolute atomic E-state index is 6.01. The first kappa shape index (κ1) is 16.3. The molecule has 0 aromatic rings. The lowest BCUT2D eigenvalue weighted by Crippen LogP contribution is -2.38. The van der Waals surface area contributed by atoms with Crippen molar-refractivity contribution in [3.05, 3.63) is 0 Å². The summed E-state index contributed by atoms with van der Waals surface area (Å²) >= 11 is 0. The highest BCUT2D eigenvalue weighted by atomic mass is 16.5. The Morgan fingerprint density at radius 1 is 1.00 bits per heavy atom. The normalized spacial score (nSPS) is 30.0. The molecule has 0 saturated carbocycles. The van der Waals surface area contributed by atoms with Gasteiger partial charge in [-0.25, -0.2) is 0 Å². The Bertz CT molecular complexity index is 256. The Morgan fingerprint density at radius 2 is 1.70 bits per heavy atom. The van der Waals surface area contributed by atoms with Crippen molar-refractivity contribution in [3.63, 3.8) is 0 Å². The molecule has 2 aliphatic rings. The standard InChI is InChI=1S/C18H35NO/c1-3-4-5-6-7-8-9-10-11-17(19-2)16-14-15-12-13-18(16)20-15/h15-19H,3-14H2,1-2H3. The minimum Gasteiger partial charge on any atom is -0.375 e. The van der Waals surface area contributed by atoms with E-state index < -0.39 is 0 Å². The Morgan fingerprint density at radius 3 is 2.25 bits per heavy atom. The fourth-order valence-corrected chi connectivity index (χ4v) is 4.17. The van der Waals surface area contributed by atoms with Crippen LogP contribution in [-0.2, 0) is 4.74 Å². The topological polar surface area (TPSA) is 21.3 Å². The molecular formula is C18H35NO. The fraction of sp³-hybridized carbons (Fsp3) is 1.00. The zero-order chi connectivity index (χ0) is 14.2. The van der Waals surface area contributed by atoms with E-state index >= 15 is 0 Å². The molecule has 2 heteroatoms. The molecule has 0 aromatic carbocycles. The van der Waals surface area contributed by atoms with Crippen LogP contribution >= 0.6 is 0 Å². The lowest BCUT2D eigenvalue weighted by molar-refractivity contribution is 0.0854. The molecule has 1 N–H and O–H groups in total. The highest BCUT2D eigenvalue weighted by molar-refractivity contribution is 4.94. The van der Waals surface area contributed by atoms with Crippen molar-refractivity contribution < 1.29 is 4.74 Å². The summed E-state index contributed by atoms with van der Waals surface area (Å²) < 4.78 is 6.01. The van der Waals surface area contributed by atoms with Crippen LogP contribution in [0, 0.1) is 5.92 Å². The van der Waals surface area contributed by atoms with Crippen LogP contribution in [-0.4, -0.2) is 25.3 Å². The van der Waals surface area contributed by atoms with Gasteiger partial charge in [0.1, 0.15) is 0 Å². The van der Waals surface area contributed by atoms with Crippen LogP contribution in [0.25, 0.3) is 0 Å². The zero-order valence-corrected chi connectivity index (χ0v) is 13.7. The van der Waals surface area contributed by atoms with Gasteiger partial charge in [-0.2, -0.15) is 0 Å². The van der Waals surface area contributed by atoms with E-state index in [1.54, 1.807) is 0 Å². The third-order valence-electron chi connectivity index (χ3n) is 5.41. The Kier molecular flexibility index (Phi) is 7.37. The largest absolute Gasteiger partial charge is 0.375 e. The quantitative estimate of drug-likeness (QED) is 0.556. The highest BCUT2D eigenvalue weighted by Gasteiger charge is 2.43. The second-order valence-electron chi connectivity index (χ2n) is 6.93. The molecule has 0 spiro atoms. The lowest BCUT2D eigenvalue weighted by Gasteiger charge is -2.28. The van der Waals surface area contributed by atoms with Gasteiger partial charge in [-0.05, 0) is 32.7 Å². The van der Waals surface area contributed by atoms with Crippen LogP contribution in [0.2, 0.25) is 0 Å². The molecule has 0 aromatic heterocycles. The minimum atomic E-state index is 0.575. The summed E-state index contributed by atoms with van der Waals surface area (Å²) in [5, 5.41) is 3.57. The molecule has 118 valence electrons. The summed E-state index contributed by atoms with van der Waals surface area (Å²) in [5.41, 5.74) is 0. The molecule has 2 bridgehead atoms. The summed E-state index contributed by atoms with van der Waals surface area (Å²) in [6, 6.07) is 0.699. The molecule has 2 aliphatic heterocycles. The van der Waals surface area contributed by atoms with E-state index in [9.17, 15) is 0 Å². The molecule has 0 radical (unpaired) electrons. The molecular weight excluding hydrogens is 246 g/mol. The van der Waals surface area contributed by atoms with E-state index in [1.807, 2.05) is 0 Å². The first-order valence-corrected chi connectivity index (χ1v) is 9.18. The summed E-state index contributed by atoms with van der Waals surface area (Å²) in [6.07, 6.45) is 17.8. The monoisotopic (exact) mass is 281 g/mol. The maximum Gasteiger partial charge on any atom is 0.0623 e. The van der Waals surface area contributed by atoms with Crippen molar-refractivity contribution in [2.24, 2.45) is 5.92 Å². The number of rotatable bonds is 11. The van der Waals surface area contributed by atoms with Gasteiger partial charge in [0.05, 0.1) is 12.2 Å². The molecule has 0 aliphatic carbocycles. The second-order valence-corrected chi connectivity index (χ2v) is 6.93. The molecule has 4 atom stereocenters. The van der Waals surface area contributed by atoms with Gasteiger partial charge in [0, 0.05) is 12.0 Å². The van der Waals surface area contributed by atoms with E-state index in [1.165, 1.54) is 77.0 Å². The SMILES string of the molecule is CCCCCCCCCCC(NC)C1CC2CCC1O2. The number of unbranched alkanes of at least 4 members (excludes halogenated alkanes) is 7. The number of fused-ring (bicyclic) bond motifs is 2. The molecule has 20 heavy (non-hydrogen) atoms. The first-order chi connectivity index (χ1) is 9.85. The predicted molar refractivity (Wildman–Crippen MR) is 86.1 cm³/mol. The molecule has 4 unspecified atom stereocenters. The van der Waals surface area contributed by atoms with E-state index in [-0.39, 0.29) is 0 Å². The fourth-order valence-electron chi connectivity index (χ4n) is 4.17. The Hall–Kier alpha value is -0.0800. The van der Waals surface area contributed by atoms with Crippen molar-refractivity contribution in [2.45, 2.75) is 102 Å². The summed E-state index contributed by atoms with van der Waals surface area (Å²) in [5.74, 6) is 0.795. The van der Waals surface area contributed by atoms with E-state index in [2.05, 4.69) is 19.3 Å². The van der Waals surface area contributed by atoms with Gasteiger partial charge in [-0.1, -0.05) is 58.3 Å². The molecule has 2 nitrogen and oxygen atoms in total. The predicted octanol–water partition coefficient (Wildman–Crippen LogP) is 4.67. The van der Waals surface area contributed by atoms with Gasteiger partial charge in [-0.3, -0.25) is 0 Å². The Labute approximate surface area is 126 Å². The molecule has 2 saturated heterocycles. The maximum atomic E-state index is 6.01. The van der Waals surface area contributed by atoms with Gasteiger partial charge in [0.15, 0.2) is 0 Å². The van der Waals surface area contributed by atoms with Crippen LogP contribution in [0.4, 0.5) is 0 Å². The first-order valence-electron chi connectivity index (χ1n) is 9.18. The van der Waals surface area contributed by atoms with Gasteiger partial charge in [0.2, 0.25) is 0 Å². The third-order valence-corrected chi connectivity index (χ3v) is 5.41. The van der Waals surface area contributed by atoms with E-state index in [0.717, 1.165) is 5.92 Å². The van der Waals surface area contributed by atoms with Gasteiger partial charge in [0.25, 0.3) is 0 Å². The second kappa shape index (κ2) is 9.04. The van der Waals surface area contributed by atoms with Gasteiger partial charge >= 0.3 is 0 Å². The summed E-state index contributed by atoms with van der Waals surface area (Å²) in [7, 11) is 2.14. The van der Waals surface area contributed by atoms with E-state index in [4.69, 9.17) is 4.74 Å². The Balaban J connectivity index is 1.51. The number of ether oxygens (including phenoxy) is 1. The summed E-state index contributed by atoms with van der Waals surface area (Å²) in [4.78, 5) is 0. The van der Waals surface area contributed by atoms with Crippen molar-refractivity contribution in [3.8, 4) is 0 Å². The van der Waals surface area contributed by atoms with Crippen molar-refractivity contribution in [2.75, 3.05) is 7.05 Å².